The van der Waals surface area contributed by atoms with E-state index in [1.54, 1.807) is 4.90 Å². The Morgan fingerprint density at radius 2 is 1.77 bits per heavy atom. The van der Waals surface area contributed by atoms with E-state index in [-0.39, 0.29) is 35.4 Å². The number of nitrogens with two attached hydrogens (primary N) is 1. The molecule has 0 saturated carbocycles. The van der Waals surface area contributed by atoms with Crippen molar-refractivity contribution in [3.05, 3.63) is 71.1 Å². The monoisotopic (exact) mass is 639 g/mol. The summed E-state index contributed by atoms with van der Waals surface area (Å²) in [7, 11) is 0. The molecule has 0 aliphatic carbocycles. The van der Waals surface area contributed by atoms with Crippen LogP contribution in [-0.2, 0) is 17.1 Å². The van der Waals surface area contributed by atoms with Crippen LogP contribution in [0, 0.1) is 5.41 Å². The minimum atomic E-state index is -5.08. The highest BCUT2D eigenvalue weighted by Gasteiger charge is 2.38. The Labute approximate surface area is 242 Å². The highest BCUT2D eigenvalue weighted by atomic mass is 19.4. The first-order valence-electron chi connectivity index (χ1n) is 12.3. The summed E-state index contributed by atoms with van der Waals surface area (Å²) in [5.41, 5.74) is 3.92. The van der Waals surface area contributed by atoms with Crippen molar-refractivity contribution in [1.82, 2.24) is 15.0 Å². The Bertz CT molecular complexity index is 1500. The van der Waals surface area contributed by atoms with Crippen LogP contribution in [0.5, 0.6) is 5.75 Å². The van der Waals surface area contributed by atoms with Gasteiger partial charge in [0.05, 0.1) is 11.1 Å². The Kier molecular flexibility index (Phi) is 10.2. The fourth-order valence-corrected chi connectivity index (χ4v) is 3.96. The molecule has 1 fully saturated rings. The van der Waals surface area contributed by atoms with Crippen LogP contribution >= 0.6 is 0 Å². The van der Waals surface area contributed by atoms with Gasteiger partial charge in [-0.25, -0.2) is 4.79 Å². The van der Waals surface area contributed by atoms with Gasteiger partial charge in [-0.05, 0) is 54.8 Å². The molecular formula is C26H22F9N5O4. The van der Waals surface area contributed by atoms with Crippen LogP contribution in [-0.4, -0.2) is 51.4 Å². The van der Waals surface area contributed by atoms with E-state index in [1.165, 1.54) is 30.4 Å². The van der Waals surface area contributed by atoms with Gasteiger partial charge in [-0.3, -0.25) is 5.41 Å². The number of carbonyl (C=O) groups is 1. The predicted octanol–water partition coefficient (Wildman–Crippen LogP) is 6.53. The quantitative estimate of drug-likeness (QED) is 0.157. The Balaban J connectivity index is 0.000000676. The molecule has 0 amide bonds. The van der Waals surface area contributed by atoms with Gasteiger partial charge >= 0.3 is 24.5 Å². The molecule has 1 aliphatic rings. The van der Waals surface area contributed by atoms with Crippen LogP contribution < -0.4 is 10.5 Å². The van der Waals surface area contributed by atoms with E-state index in [1.807, 2.05) is 0 Å². The number of benzene rings is 2. The molecular weight excluding hydrogens is 617 g/mol. The highest BCUT2D eigenvalue weighted by molar-refractivity contribution is 5.75. The minimum absolute atomic E-state index is 0.0431. The van der Waals surface area contributed by atoms with E-state index in [2.05, 4.69) is 10.1 Å². The second kappa shape index (κ2) is 13.3. The molecule has 1 atom stereocenters. The van der Waals surface area contributed by atoms with E-state index < -0.39 is 47.4 Å². The van der Waals surface area contributed by atoms with E-state index in [4.69, 9.17) is 30.3 Å². The molecule has 2 heterocycles. The number of alkyl halides is 9. The Morgan fingerprint density at radius 3 is 2.36 bits per heavy atom. The molecule has 0 radical (unpaired) electrons. The molecule has 0 bridgehead atoms. The predicted molar refractivity (Wildman–Crippen MR) is 135 cm³/mol. The van der Waals surface area contributed by atoms with E-state index in [0.717, 1.165) is 30.7 Å². The Morgan fingerprint density at radius 1 is 1.09 bits per heavy atom. The van der Waals surface area contributed by atoms with Crippen LogP contribution in [0.2, 0.25) is 0 Å². The first-order valence-corrected chi connectivity index (χ1v) is 12.3. The van der Waals surface area contributed by atoms with Crippen molar-refractivity contribution < 1.29 is 58.7 Å². The van der Waals surface area contributed by atoms with Gasteiger partial charge in [0.25, 0.3) is 0 Å². The van der Waals surface area contributed by atoms with Gasteiger partial charge < -0.3 is 25.0 Å². The van der Waals surface area contributed by atoms with E-state index >= 15 is 0 Å². The van der Waals surface area contributed by atoms with Gasteiger partial charge in [0, 0.05) is 12.1 Å². The number of carboxylic acid groups (broad SMARTS) is 1. The third-order valence-corrected chi connectivity index (χ3v) is 5.93. The Hall–Kier alpha value is -4.77. The van der Waals surface area contributed by atoms with Gasteiger partial charge in [-0.2, -0.15) is 44.5 Å². The van der Waals surface area contributed by atoms with Crippen molar-refractivity contribution in [1.29, 1.82) is 5.41 Å². The van der Waals surface area contributed by atoms with Gasteiger partial charge in [-0.1, -0.05) is 23.4 Å². The molecule has 1 aromatic heterocycles. The van der Waals surface area contributed by atoms with Crippen LogP contribution in [0.4, 0.5) is 39.5 Å². The number of aliphatic carboxylic acids is 1. The van der Waals surface area contributed by atoms with Crippen LogP contribution in [0.25, 0.3) is 17.5 Å². The maximum atomic E-state index is 13.8. The molecule has 1 saturated heterocycles. The number of hydrogen-bond donors (Lipinski definition) is 3. The van der Waals surface area contributed by atoms with Crippen LogP contribution in [0.1, 0.15) is 41.5 Å². The smallest absolute Gasteiger partial charge is 0.489 e. The number of rotatable bonds is 6. The summed E-state index contributed by atoms with van der Waals surface area (Å²) in [6, 6.07) is 7.37. The number of nitrogens with zero attached hydrogens (tertiary/aromatic N) is 3. The molecule has 1 unspecified atom stereocenters. The molecule has 238 valence electrons. The fraction of sp³-hybridized carbons (Fsp3) is 0.308. The molecule has 2 aromatic carbocycles. The SMILES string of the molecule is N=C(N)N1CCCC1c1nc(-c2ccc(OCC=Cc3cccc(C(F)(F)F)c3)c(C(F)(F)F)c2)no1.O=C(O)C(F)(F)F. The number of aromatic nitrogens is 2. The van der Waals surface area contributed by atoms with Crippen molar-refractivity contribution in [3.63, 3.8) is 0 Å². The number of carboxylic acids is 1. The summed E-state index contributed by atoms with van der Waals surface area (Å²) in [5, 5.41) is 18.6. The first-order chi connectivity index (χ1) is 20.4. The van der Waals surface area contributed by atoms with E-state index in [0.29, 0.717) is 13.0 Å². The third-order valence-electron chi connectivity index (χ3n) is 5.93. The van der Waals surface area contributed by atoms with Gasteiger partial charge in [-0.15, -0.1) is 0 Å². The van der Waals surface area contributed by atoms with E-state index in [9.17, 15) is 39.5 Å². The maximum absolute atomic E-state index is 13.8. The van der Waals surface area contributed by atoms with Crippen LogP contribution in [0.3, 0.4) is 0 Å². The minimum Gasteiger partial charge on any atom is -0.489 e. The highest BCUT2D eigenvalue weighted by Crippen LogP contribution is 2.39. The largest absolute Gasteiger partial charge is 0.490 e. The zero-order chi connectivity index (χ0) is 32.9. The molecule has 18 heteroatoms. The lowest BCUT2D eigenvalue weighted by atomic mass is 10.1. The van der Waals surface area contributed by atoms with Crippen molar-refractivity contribution in [2.24, 2.45) is 5.73 Å². The summed E-state index contributed by atoms with van der Waals surface area (Å²) in [5.74, 6) is -3.30. The number of nitrogens with one attached hydrogen (secondary N) is 1. The summed E-state index contributed by atoms with van der Waals surface area (Å²) in [6.07, 6.45) is -10.4. The third kappa shape index (κ3) is 8.87. The van der Waals surface area contributed by atoms with Gasteiger partial charge in [0.1, 0.15) is 18.4 Å². The molecule has 4 N–H and O–H groups in total. The number of guanidine groups is 1. The summed E-state index contributed by atoms with van der Waals surface area (Å²) >= 11 is 0. The molecule has 44 heavy (non-hydrogen) atoms. The molecule has 3 aromatic rings. The molecule has 0 spiro atoms. The fourth-order valence-electron chi connectivity index (χ4n) is 3.96. The molecule has 1 aliphatic heterocycles. The number of ether oxygens (including phenoxy) is 1. The number of likely N-dealkylation sites (tertiary alicyclic amines) is 1. The van der Waals surface area contributed by atoms with Crippen molar-refractivity contribution in [2.75, 3.05) is 13.2 Å². The summed E-state index contributed by atoms with van der Waals surface area (Å²) in [4.78, 5) is 14.7. The lowest BCUT2D eigenvalue weighted by Crippen LogP contribution is -2.35. The second-order valence-corrected chi connectivity index (χ2v) is 9.04. The average molecular weight is 639 g/mol. The average Bonchev–Trinajstić information content (AvgIpc) is 3.60. The van der Waals surface area contributed by atoms with Crippen molar-refractivity contribution in [2.45, 2.75) is 37.4 Å². The van der Waals surface area contributed by atoms with Gasteiger partial charge in [0.2, 0.25) is 11.7 Å². The standard InChI is InChI=1S/C24H21F6N5O2.C2HF3O2/c25-23(26,27)16-6-1-4-14(12-16)5-3-11-36-19-9-8-15(13-17(19)24(28,29)30)20-33-21(37-34-20)18-7-2-10-35(18)22(31)32;3-2(4,5)1(6)7/h1,3-6,8-9,12-13,18H,2,7,10-11H2,(H3,31,32);(H,6,7). The number of hydrogen-bond acceptors (Lipinski definition) is 6. The van der Waals surface area contributed by atoms with Crippen molar-refractivity contribution >= 4 is 18.0 Å². The molecule has 4 rings (SSSR count). The summed E-state index contributed by atoms with van der Waals surface area (Å²) < 4.78 is 122. The lowest BCUT2D eigenvalue weighted by Gasteiger charge is -2.21. The summed E-state index contributed by atoms with van der Waals surface area (Å²) in [6.45, 7) is 0.220. The zero-order valence-corrected chi connectivity index (χ0v) is 22.1. The topological polar surface area (TPSA) is 139 Å². The first kappa shape index (κ1) is 33.7. The molecule has 9 nitrogen and oxygen atoms in total. The second-order valence-electron chi connectivity index (χ2n) is 9.04. The normalized spacial score (nSPS) is 15.7. The maximum Gasteiger partial charge on any atom is 0.490 e. The van der Waals surface area contributed by atoms with Crippen LogP contribution in [0.15, 0.2) is 53.1 Å². The van der Waals surface area contributed by atoms with Gasteiger partial charge in [0.15, 0.2) is 5.96 Å². The zero-order valence-electron chi connectivity index (χ0n) is 22.1. The van der Waals surface area contributed by atoms with Crippen molar-refractivity contribution in [3.8, 4) is 17.1 Å². The lowest BCUT2D eigenvalue weighted by molar-refractivity contribution is -0.192. The number of halogens is 9.